The summed E-state index contributed by atoms with van der Waals surface area (Å²) in [5.74, 6) is -0.469. The van der Waals surface area contributed by atoms with Crippen LogP contribution in [0.2, 0.25) is 0 Å². The summed E-state index contributed by atoms with van der Waals surface area (Å²) in [6.07, 6.45) is 0. The molecule has 1 atom stereocenters. The van der Waals surface area contributed by atoms with Crippen LogP contribution in [0.1, 0.15) is 11.1 Å². The average Bonchev–Trinajstić information content (AvgIpc) is 3.10. The highest BCUT2D eigenvalue weighted by molar-refractivity contribution is 9.10. The van der Waals surface area contributed by atoms with Gasteiger partial charge in [0.15, 0.2) is 15.5 Å². The zero-order chi connectivity index (χ0) is 26.3. The SMILES string of the molecule is COc1ccc(OC)c(S(=O)(=O)Oc2ccc(C3(c4ccc(F)c(Br)c4)NC(=S)N(C)C3=O)cc2)c1. The van der Waals surface area contributed by atoms with Crippen molar-refractivity contribution in [1.29, 1.82) is 0 Å². The fourth-order valence-electron chi connectivity index (χ4n) is 3.84. The van der Waals surface area contributed by atoms with Gasteiger partial charge in [-0.2, -0.15) is 8.42 Å². The number of nitrogens with zero attached hydrogens (tertiary/aromatic N) is 1. The van der Waals surface area contributed by atoms with Crippen LogP contribution in [0.3, 0.4) is 0 Å². The van der Waals surface area contributed by atoms with Crippen molar-refractivity contribution in [3.05, 3.63) is 82.1 Å². The number of carbonyl (C=O) groups excluding carboxylic acids is 1. The first-order chi connectivity index (χ1) is 17.0. The van der Waals surface area contributed by atoms with Crippen molar-refractivity contribution in [2.75, 3.05) is 21.3 Å². The van der Waals surface area contributed by atoms with E-state index in [-0.39, 0.29) is 31.9 Å². The molecule has 0 saturated carbocycles. The van der Waals surface area contributed by atoms with Gasteiger partial charge in [0.05, 0.1) is 18.7 Å². The van der Waals surface area contributed by atoms with Gasteiger partial charge in [-0.25, -0.2) is 4.39 Å². The zero-order valence-corrected chi connectivity index (χ0v) is 22.5. The number of halogens is 2. The largest absolute Gasteiger partial charge is 0.497 e. The molecule has 12 heteroatoms. The van der Waals surface area contributed by atoms with Crippen molar-refractivity contribution in [1.82, 2.24) is 10.2 Å². The Kier molecular flexibility index (Phi) is 6.95. The Morgan fingerprint density at radius 3 is 2.17 bits per heavy atom. The number of rotatable bonds is 7. The number of ether oxygens (including phenoxy) is 2. The highest BCUT2D eigenvalue weighted by Gasteiger charge is 2.51. The van der Waals surface area contributed by atoms with E-state index in [1.54, 1.807) is 6.07 Å². The number of amides is 1. The Bertz CT molecular complexity index is 1470. The second-order valence-corrected chi connectivity index (χ2v) is 10.5. The molecule has 0 aliphatic carbocycles. The van der Waals surface area contributed by atoms with Gasteiger partial charge in [-0.15, -0.1) is 0 Å². The fraction of sp³-hybridized carbons (Fsp3) is 0.167. The number of hydrogen-bond acceptors (Lipinski definition) is 7. The second-order valence-electron chi connectivity index (χ2n) is 7.75. The van der Waals surface area contributed by atoms with Gasteiger partial charge in [-0.3, -0.25) is 9.69 Å². The summed E-state index contributed by atoms with van der Waals surface area (Å²) in [5.41, 5.74) is -0.563. The minimum atomic E-state index is -4.29. The van der Waals surface area contributed by atoms with Crippen LogP contribution in [-0.2, 0) is 20.5 Å². The molecular formula is C24H20BrFN2O6S2. The second kappa shape index (κ2) is 9.68. The van der Waals surface area contributed by atoms with E-state index in [2.05, 4.69) is 21.2 Å². The normalized spacial score (nSPS) is 17.6. The molecule has 0 bridgehead atoms. The van der Waals surface area contributed by atoms with E-state index in [1.165, 1.54) is 80.8 Å². The standard InChI is InChI=1S/C24H20BrFN2O6S2/c1-28-22(29)24(27-23(28)35,15-6-10-19(26)18(25)12-15)14-4-7-16(8-5-14)34-36(30,31)21-13-17(32-2)9-11-20(21)33-3/h4-13H,1-3H3,(H,27,35). The summed E-state index contributed by atoms with van der Waals surface area (Å²) in [4.78, 5) is 14.5. The van der Waals surface area contributed by atoms with E-state index in [9.17, 15) is 17.6 Å². The van der Waals surface area contributed by atoms with E-state index < -0.39 is 21.5 Å². The summed E-state index contributed by atoms with van der Waals surface area (Å²) in [5, 5.41) is 3.23. The molecule has 1 aliphatic heterocycles. The van der Waals surface area contributed by atoms with Crippen LogP contribution in [0.25, 0.3) is 0 Å². The van der Waals surface area contributed by atoms with Gasteiger partial charge in [0.1, 0.15) is 23.1 Å². The molecule has 36 heavy (non-hydrogen) atoms. The molecule has 3 aromatic carbocycles. The van der Waals surface area contributed by atoms with Gasteiger partial charge < -0.3 is 19.0 Å². The molecule has 1 heterocycles. The Morgan fingerprint density at radius 2 is 1.61 bits per heavy atom. The number of benzene rings is 3. The summed E-state index contributed by atoms with van der Waals surface area (Å²) in [6, 6.07) is 14.4. The Hall–Kier alpha value is -3.22. The third-order valence-corrected chi connectivity index (χ3v) is 7.96. The first-order valence-electron chi connectivity index (χ1n) is 10.4. The van der Waals surface area contributed by atoms with Crippen LogP contribution in [0.5, 0.6) is 17.2 Å². The van der Waals surface area contributed by atoms with Gasteiger partial charge in [0, 0.05) is 13.1 Å². The molecule has 0 radical (unpaired) electrons. The van der Waals surface area contributed by atoms with Crippen molar-refractivity contribution in [2.24, 2.45) is 0 Å². The zero-order valence-electron chi connectivity index (χ0n) is 19.2. The van der Waals surface area contributed by atoms with Crippen LogP contribution >= 0.6 is 28.1 Å². The van der Waals surface area contributed by atoms with Gasteiger partial charge in [0.2, 0.25) is 0 Å². The predicted molar refractivity (Wildman–Crippen MR) is 137 cm³/mol. The molecule has 3 aromatic rings. The summed E-state index contributed by atoms with van der Waals surface area (Å²) >= 11 is 8.47. The molecule has 188 valence electrons. The Labute approximate surface area is 221 Å². The lowest BCUT2D eigenvalue weighted by atomic mass is 9.82. The minimum Gasteiger partial charge on any atom is -0.497 e. The lowest BCUT2D eigenvalue weighted by molar-refractivity contribution is -0.129. The van der Waals surface area contributed by atoms with Crippen LogP contribution in [0, 0.1) is 5.82 Å². The Balaban J connectivity index is 1.73. The lowest BCUT2D eigenvalue weighted by Gasteiger charge is -2.28. The van der Waals surface area contributed by atoms with Gasteiger partial charge in [-0.1, -0.05) is 18.2 Å². The molecule has 1 amide bonds. The lowest BCUT2D eigenvalue weighted by Crippen LogP contribution is -2.45. The number of likely N-dealkylation sites (N-methyl/N-ethyl adjacent to an activating group) is 1. The first-order valence-corrected chi connectivity index (χ1v) is 13.0. The molecule has 0 aromatic heterocycles. The van der Waals surface area contributed by atoms with Crippen LogP contribution in [-0.4, -0.2) is 45.6 Å². The summed E-state index contributed by atoms with van der Waals surface area (Å²) in [7, 11) is -0.00514. The summed E-state index contributed by atoms with van der Waals surface area (Å²) in [6.45, 7) is 0. The molecular weight excluding hydrogens is 575 g/mol. The van der Waals surface area contributed by atoms with Crippen molar-refractivity contribution < 1.29 is 31.3 Å². The molecule has 1 fully saturated rings. The maximum atomic E-state index is 13.9. The van der Waals surface area contributed by atoms with Gasteiger partial charge in [0.25, 0.3) is 5.91 Å². The predicted octanol–water partition coefficient (Wildman–Crippen LogP) is 3.96. The van der Waals surface area contributed by atoms with Crippen molar-refractivity contribution in [3.8, 4) is 17.2 Å². The number of thiocarbonyl (C=S) groups is 1. The van der Waals surface area contributed by atoms with Gasteiger partial charge >= 0.3 is 10.1 Å². The first kappa shape index (κ1) is 25.9. The average molecular weight is 595 g/mol. The molecule has 8 nitrogen and oxygen atoms in total. The number of methoxy groups -OCH3 is 2. The van der Waals surface area contributed by atoms with Crippen LogP contribution in [0.15, 0.2) is 70.0 Å². The maximum absolute atomic E-state index is 13.9. The van der Waals surface area contributed by atoms with Crippen LogP contribution < -0.4 is 19.0 Å². The van der Waals surface area contributed by atoms with E-state index >= 15 is 0 Å². The highest BCUT2D eigenvalue weighted by Crippen LogP contribution is 2.38. The molecule has 1 aliphatic rings. The van der Waals surface area contributed by atoms with E-state index in [0.29, 0.717) is 16.9 Å². The number of nitrogens with one attached hydrogen (secondary N) is 1. The van der Waals surface area contributed by atoms with E-state index in [4.69, 9.17) is 25.9 Å². The third-order valence-electron chi connectivity index (χ3n) is 5.71. The van der Waals surface area contributed by atoms with Crippen LogP contribution in [0.4, 0.5) is 4.39 Å². The number of carbonyl (C=O) groups is 1. The van der Waals surface area contributed by atoms with E-state index in [1.807, 2.05) is 0 Å². The molecule has 1 saturated heterocycles. The molecule has 4 rings (SSSR count). The monoisotopic (exact) mass is 594 g/mol. The quantitative estimate of drug-likeness (QED) is 0.324. The van der Waals surface area contributed by atoms with Crippen molar-refractivity contribution >= 4 is 49.3 Å². The van der Waals surface area contributed by atoms with E-state index in [0.717, 1.165) is 0 Å². The molecule has 1 unspecified atom stereocenters. The molecule has 0 spiro atoms. The fourth-order valence-corrected chi connectivity index (χ4v) is 5.57. The highest BCUT2D eigenvalue weighted by atomic mass is 79.9. The van der Waals surface area contributed by atoms with Crippen molar-refractivity contribution in [2.45, 2.75) is 10.4 Å². The topological polar surface area (TPSA) is 94.2 Å². The number of hydrogen-bond donors (Lipinski definition) is 1. The molecule has 1 N–H and O–H groups in total. The minimum absolute atomic E-state index is 0.000404. The van der Waals surface area contributed by atoms with Crippen molar-refractivity contribution in [3.63, 3.8) is 0 Å². The smallest absolute Gasteiger partial charge is 0.343 e. The maximum Gasteiger partial charge on any atom is 0.343 e. The van der Waals surface area contributed by atoms with Gasteiger partial charge in [-0.05, 0) is 75.7 Å². The Morgan fingerprint density at radius 1 is 0.972 bits per heavy atom. The summed E-state index contributed by atoms with van der Waals surface area (Å²) < 4.78 is 55.7. The third kappa shape index (κ3) is 4.40.